The van der Waals surface area contributed by atoms with E-state index in [0.29, 0.717) is 4.90 Å². The molecule has 5 nitrogen and oxygen atoms in total. The number of amides is 1. The van der Waals surface area contributed by atoms with Crippen LogP contribution in [-0.4, -0.2) is 56.6 Å². The highest BCUT2D eigenvalue weighted by Gasteiger charge is 2.25. The largest absolute Gasteiger partial charge is 0.465 e. The van der Waals surface area contributed by atoms with Crippen molar-refractivity contribution in [2.75, 3.05) is 33.4 Å². The van der Waals surface area contributed by atoms with Gasteiger partial charge in [-0.1, -0.05) is 0 Å². The molecule has 0 aliphatic rings. The number of hydrogen-bond acceptors (Lipinski definition) is 4. The third-order valence-electron chi connectivity index (χ3n) is 1.69. The SMILES string of the molecule is CCOC(=O)CN(CCOC)C(=O)C(F)F. The molecule has 1 amide bonds. The van der Waals surface area contributed by atoms with Gasteiger partial charge in [-0.05, 0) is 6.92 Å². The van der Waals surface area contributed by atoms with E-state index in [-0.39, 0.29) is 19.8 Å². The van der Waals surface area contributed by atoms with E-state index in [0.717, 1.165) is 0 Å². The van der Waals surface area contributed by atoms with Gasteiger partial charge in [0.15, 0.2) is 0 Å². The van der Waals surface area contributed by atoms with Crippen LogP contribution in [0.15, 0.2) is 0 Å². The number of nitrogens with zero attached hydrogens (tertiary/aromatic N) is 1. The summed E-state index contributed by atoms with van der Waals surface area (Å²) in [5.41, 5.74) is 0. The second-order valence-electron chi connectivity index (χ2n) is 2.86. The average Bonchev–Trinajstić information content (AvgIpc) is 2.23. The normalized spacial score (nSPS) is 10.3. The van der Waals surface area contributed by atoms with E-state index in [2.05, 4.69) is 9.47 Å². The van der Waals surface area contributed by atoms with Crippen LogP contribution in [-0.2, 0) is 19.1 Å². The van der Waals surface area contributed by atoms with Crippen LogP contribution in [0.3, 0.4) is 0 Å². The smallest absolute Gasteiger partial charge is 0.325 e. The molecule has 0 aromatic rings. The van der Waals surface area contributed by atoms with Gasteiger partial charge in [0.2, 0.25) is 0 Å². The summed E-state index contributed by atoms with van der Waals surface area (Å²) in [4.78, 5) is 22.8. The van der Waals surface area contributed by atoms with Crippen molar-refractivity contribution in [3.63, 3.8) is 0 Å². The summed E-state index contributed by atoms with van der Waals surface area (Å²) >= 11 is 0. The molecule has 0 rings (SSSR count). The zero-order chi connectivity index (χ0) is 12.6. The summed E-state index contributed by atoms with van der Waals surface area (Å²) in [6, 6.07) is 0. The van der Waals surface area contributed by atoms with E-state index in [1.165, 1.54) is 7.11 Å². The molecule has 7 heteroatoms. The number of carbonyl (C=O) groups excluding carboxylic acids is 2. The lowest BCUT2D eigenvalue weighted by molar-refractivity contribution is -0.153. The van der Waals surface area contributed by atoms with E-state index < -0.39 is 24.8 Å². The Morgan fingerprint density at radius 3 is 2.44 bits per heavy atom. The van der Waals surface area contributed by atoms with Gasteiger partial charge in [0.05, 0.1) is 13.2 Å². The summed E-state index contributed by atoms with van der Waals surface area (Å²) in [6.45, 7) is 1.25. The number of alkyl halides is 2. The standard InChI is InChI=1S/C9H15F2NO4/c1-3-16-7(13)6-12(4-5-15-2)9(14)8(10)11/h8H,3-6H2,1-2H3. The molecular weight excluding hydrogens is 224 g/mol. The molecule has 0 unspecified atom stereocenters. The number of ether oxygens (including phenoxy) is 2. The lowest BCUT2D eigenvalue weighted by Crippen LogP contribution is -2.41. The molecule has 0 atom stereocenters. The van der Waals surface area contributed by atoms with Gasteiger partial charge in [-0.2, -0.15) is 8.78 Å². The number of methoxy groups -OCH3 is 1. The Morgan fingerprint density at radius 2 is 2.00 bits per heavy atom. The Balaban J connectivity index is 4.30. The van der Waals surface area contributed by atoms with Crippen LogP contribution >= 0.6 is 0 Å². The van der Waals surface area contributed by atoms with Crippen LogP contribution in [0, 0.1) is 0 Å². The molecule has 0 fully saturated rings. The number of halogens is 2. The van der Waals surface area contributed by atoms with Gasteiger partial charge in [-0.15, -0.1) is 0 Å². The summed E-state index contributed by atoms with van der Waals surface area (Å²) in [6.07, 6.45) is -3.13. The average molecular weight is 239 g/mol. The molecule has 0 radical (unpaired) electrons. The topological polar surface area (TPSA) is 55.8 Å². The molecular formula is C9H15F2NO4. The Hall–Kier alpha value is -1.24. The van der Waals surface area contributed by atoms with E-state index in [9.17, 15) is 18.4 Å². The number of carbonyl (C=O) groups is 2. The van der Waals surface area contributed by atoms with Crippen molar-refractivity contribution in [3.8, 4) is 0 Å². The molecule has 0 aliphatic heterocycles. The van der Waals surface area contributed by atoms with Crippen LogP contribution in [0.25, 0.3) is 0 Å². The van der Waals surface area contributed by atoms with Crippen LogP contribution in [0.5, 0.6) is 0 Å². The fourth-order valence-electron chi connectivity index (χ4n) is 0.969. The molecule has 0 aromatic heterocycles. The minimum absolute atomic E-state index is 0.0709. The zero-order valence-electron chi connectivity index (χ0n) is 9.24. The second-order valence-corrected chi connectivity index (χ2v) is 2.86. The molecule has 0 aromatic carbocycles. The first kappa shape index (κ1) is 14.8. The zero-order valence-corrected chi connectivity index (χ0v) is 9.24. The van der Waals surface area contributed by atoms with Crippen molar-refractivity contribution < 1.29 is 27.8 Å². The fraction of sp³-hybridized carbons (Fsp3) is 0.778. The molecule has 0 spiro atoms. The van der Waals surface area contributed by atoms with Gasteiger partial charge in [-0.3, -0.25) is 9.59 Å². The highest BCUT2D eigenvalue weighted by molar-refractivity contribution is 5.84. The molecule has 0 aliphatic carbocycles. The Morgan fingerprint density at radius 1 is 1.38 bits per heavy atom. The van der Waals surface area contributed by atoms with Gasteiger partial charge in [0, 0.05) is 13.7 Å². The summed E-state index contributed by atoms with van der Waals surface area (Å²) < 4.78 is 33.5. The van der Waals surface area contributed by atoms with Crippen molar-refractivity contribution >= 4 is 11.9 Å². The van der Waals surface area contributed by atoms with Crippen LogP contribution < -0.4 is 0 Å². The van der Waals surface area contributed by atoms with Gasteiger partial charge < -0.3 is 14.4 Å². The Labute approximate surface area is 92.3 Å². The highest BCUT2D eigenvalue weighted by Crippen LogP contribution is 2.01. The third kappa shape index (κ3) is 5.59. The molecule has 0 bridgehead atoms. The lowest BCUT2D eigenvalue weighted by atomic mass is 10.4. The van der Waals surface area contributed by atoms with E-state index in [4.69, 9.17) is 0 Å². The second kappa shape index (κ2) is 7.98. The van der Waals surface area contributed by atoms with Crippen molar-refractivity contribution in [2.24, 2.45) is 0 Å². The van der Waals surface area contributed by atoms with Gasteiger partial charge in [0.25, 0.3) is 5.91 Å². The van der Waals surface area contributed by atoms with Crippen LogP contribution in [0.4, 0.5) is 8.78 Å². The molecule has 0 N–H and O–H groups in total. The van der Waals surface area contributed by atoms with Gasteiger partial charge in [-0.25, -0.2) is 0 Å². The molecule has 16 heavy (non-hydrogen) atoms. The number of hydrogen-bond donors (Lipinski definition) is 0. The highest BCUT2D eigenvalue weighted by atomic mass is 19.3. The fourth-order valence-corrected chi connectivity index (χ4v) is 0.969. The predicted octanol–water partition coefficient (Wildman–Crippen LogP) is 0.290. The summed E-state index contributed by atoms with van der Waals surface area (Å²) in [7, 11) is 1.37. The van der Waals surface area contributed by atoms with E-state index >= 15 is 0 Å². The van der Waals surface area contributed by atoms with Crippen molar-refractivity contribution in [1.82, 2.24) is 4.90 Å². The maximum Gasteiger partial charge on any atom is 0.325 e. The Kier molecular flexibility index (Phi) is 7.36. The van der Waals surface area contributed by atoms with Crippen molar-refractivity contribution in [3.05, 3.63) is 0 Å². The maximum absolute atomic E-state index is 12.2. The van der Waals surface area contributed by atoms with E-state index in [1.807, 2.05) is 0 Å². The number of esters is 1. The molecule has 0 saturated carbocycles. The lowest BCUT2D eigenvalue weighted by Gasteiger charge is -2.20. The third-order valence-corrected chi connectivity index (χ3v) is 1.69. The quantitative estimate of drug-likeness (QED) is 0.599. The van der Waals surface area contributed by atoms with Crippen LogP contribution in [0.1, 0.15) is 6.92 Å². The summed E-state index contributed by atoms with van der Waals surface area (Å²) in [5.74, 6) is -2.11. The Bertz CT molecular complexity index is 236. The number of rotatable bonds is 7. The molecule has 94 valence electrons. The first-order valence-electron chi connectivity index (χ1n) is 4.74. The summed E-state index contributed by atoms with van der Waals surface area (Å²) in [5, 5.41) is 0. The minimum atomic E-state index is -3.13. The minimum Gasteiger partial charge on any atom is -0.465 e. The maximum atomic E-state index is 12.2. The molecule has 0 heterocycles. The predicted molar refractivity (Wildman–Crippen MR) is 51.1 cm³/mol. The van der Waals surface area contributed by atoms with E-state index in [1.54, 1.807) is 6.92 Å². The van der Waals surface area contributed by atoms with Gasteiger partial charge in [0.1, 0.15) is 6.54 Å². The van der Waals surface area contributed by atoms with Gasteiger partial charge >= 0.3 is 12.4 Å². The van der Waals surface area contributed by atoms with Crippen molar-refractivity contribution in [1.29, 1.82) is 0 Å². The van der Waals surface area contributed by atoms with Crippen LogP contribution in [0.2, 0.25) is 0 Å². The first-order valence-corrected chi connectivity index (χ1v) is 4.74. The van der Waals surface area contributed by atoms with Crippen molar-refractivity contribution in [2.45, 2.75) is 13.3 Å². The molecule has 0 saturated heterocycles. The monoisotopic (exact) mass is 239 g/mol. The first-order chi connectivity index (χ1) is 7.52.